The van der Waals surface area contributed by atoms with Crippen molar-refractivity contribution in [3.8, 4) is 0 Å². The quantitative estimate of drug-likeness (QED) is 0.608. The lowest BCUT2D eigenvalue weighted by Gasteiger charge is -2.00. The third-order valence-corrected chi connectivity index (χ3v) is 3.44. The number of hydrazone groups is 1. The van der Waals surface area contributed by atoms with E-state index in [9.17, 15) is 4.79 Å². The molecule has 2 rings (SSSR count). The van der Waals surface area contributed by atoms with E-state index in [1.807, 2.05) is 48.5 Å². The van der Waals surface area contributed by atoms with Crippen LogP contribution in [0.5, 0.6) is 0 Å². The molecule has 0 spiro atoms. The fourth-order valence-corrected chi connectivity index (χ4v) is 2.23. The number of allylic oxidation sites excluding steroid dienone is 1. The van der Waals surface area contributed by atoms with Crippen LogP contribution in [0.15, 0.2) is 64.2 Å². The molecule has 0 bridgehead atoms. The number of amides is 1. The number of benzene rings is 2. The first-order valence-electron chi connectivity index (χ1n) is 6.62. The average Bonchev–Trinajstić information content (AvgIpc) is 2.50. The Hall–Kier alpha value is -1.91. The summed E-state index contributed by atoms with van der Waals surface area (Å²) in [5, 5.41) is 4.57. The predicted octanol–water partition coefficient (Wildman–Crippen LogP) is 4.42. The monoisotopic (exact) mass is 376 g/mol. The van der Waals surface area contributed by atoms with Gasteiger partial charge in [-0.25, -0.2) is 5.43 Å². The molecule has 3 nitrogen and oxygen atoms in total. The van der Waals surface area contributed by atoms with Crippen LogP contribution in [-0.4, -0.2) is 12.1 Å². The minimum atomic E-state index is -0.182. The molecule has 5 heteroatoms. The molecule has 0 radical (unpaired) electrons. The molecule has 1 N–H and O–H groups in total. The Balaban J connectivity index is 1.85. The molecule has 0 heterocycles. The fourth-order valence-electron chi connectivity index (χ4n) is 1.74. The molecule has 0 fully saturated rings. The summed E-state index contributed by atoms with van der Waals surface area (Å²) in [5.41, 5.74) is 4.42. The van der Waals surface area contributed by atoms with Gasteiger partial charge in [-0.15, -0.1) is 0 Å². The van der Waals surface area contributed by atoms with Gasteiger partial charge in [0.25, 0.3) is 0 Å². The van der Waals surface area contributed by atoms with Gasteiger partial charge in [0.1, 0.15) is 0 Å². The van der Waals surface area contributed by atoms with Gasteiger partial charge >= 0.3 is 0 Å². The maximum atomic E-state index is 11.7. The van der Waals surface area contributed by atoms with Gasteiger partial charge in [0.15, 0.2) is 0 Å². The number of nitrogens with one attached hydrogen (secondary N) is 1. The minimum absolute atomic E-state index is 0.182. The van der Waals surface area contributed by atoms with Crippen molar-refractivity contribution in [3.63, 3.8) is 0 Å². The molecule has 0 unspecified atom stereocenters. The summed E-state index contributed by atoms with van der Waals surface area (Å²) in [5.74, 6) is -0.182. The van der Waals surface area contributed by atoms with E-state index in [4.69, 9.17) is 11.6 Å². The van der Waals surface area contributed by atoms with Crippen LogP contribution in [0, 0.1) is 0 Å². The maximum Gasteiger partial charge on any atom is 0.244 e. The van der Waals surface area contributed by atoms with Crippen molar-refractivity contribution < 1.29 is 4.79 Å². The van der Waals surface area contributed by atoms with Gasteiger partial charge in [-0.2, -0.15) is 5.10 Å². The van der Waals surface area contributed by atoms with Crippen molar-refractivity contribution in [2.45, 2.75) is 6.42 Å². The molecule has 0 saturated carbocycles. The van der Waals surface area contributed by atoms with Crippen molar-refractivity contribution in [3.05, 3.63) is 75.2 Å². The van der Waals surface area contributed by atoms with Crippen molar-refractivity contribution >= 4 is 45.7 Å². The first-order valence-corrected chi connectivity index (χ1v) is 7.79. The molecule has 2 aromatic carbocycles. The van der Waals surface area contributed by atoms with Crippen LogP contribution in [0.4, 0.5) is 0 Å². The van der Waals surface area contributed by atoms with E-state index in [0.717, 1.165) is 15.6 Å². The van der Waals surface area contributed by atoms with E-state index in [-0.39, 0.29) is 12.3 Å². The summed E-state index contributed by atoms with van der Waals surface area (Å²) < 4.78 is 0.769. The number of nitrogens with zero attached hydrogens (tertiary/aromatic N) is 1. The number of halogens is 2. The maximum absolute atomic E-state index is 11.7. The zero-order valence-corrected chi connectivity index (χ0v) is 14.0. The van der Waals surface area contributed by atoms with Gasteiger partial charge in [-0.1, -0.05) is 54.1 Å². The van der Waals surface area contributed by atoms with Crippen molar-refractivity contribution in [2.75, 3.05) is 0 Å². The highest BCUT2D eigenvalue weighted by Gasteiger charge is 2.01. The first kappa shape index (κ1) is 16.5. The molecule has 0 aromatic heterocycles. The van der Waals surface area contributed by atoms with Crippen molar-refractivity contribution in [1.82, 2.24) is 5.43 Å². The minimum Gasteiger partial charge on any atom is -0.273 e. The van der Waals surface area contributed by atoms with Gasteiger partial charge < -0.3 is 0 Å². The molecule has 0 aliphatic heterocycles. The smallest absolute Gasteiger partial charge is 0.244 e. The van der Waals surface area contributed by atoms with Crippen molar-refractivity contribution in [1.29, 1.82) is 0 Å². The number of rotatable bonds is 5. The highest BCUT2D eigenvalue weighted by Crippen LogP contribution is 2.11. The van der Waals surface area contributed by atoms with Crippen LogP contribution < -0.4 is 5.43 Å². The molecule has 112 valence electrons. The fraction of sp³-hybridized carbons (Fsp3) is 0.0588. The van der Waals surface area contributed by atoms with Gasteiger partial charge in [0, 0.05) is 9.51 Å². The number of carbonyl (C=O) groups is 1. The molecule has 0 aliphatic rings. The molecule has 0 aliphatic carbocycles. The average molecular weight is 378 g/mol. The largest absolute Gasteiger partial charge is 0.273 e. The molecule has 22 heavy (non-hydrogen) atoms. The topological polar surface area (TPSA) is 41.5 Å². The van der Waals surface area contributed by atoms with Crippen LogP contribution in [0.25, 0.3) is 6.08 Å². The molecular formula is C17H14BrClN2O. The predicted molar refractivity (Wildman–Crippen MR) is 95.1 cm³/mol. The van der Waals surface area contributed by atoms with Gasteiger partial charge in [-0.3, -0.25) is 4.79 Å². The summed E-state index contributed by atoms with van der Waals surface area (Å²) in [4.78, 5) is 11.7. The summed E-state index contributed by atoms with van der Waals surface area (Å²) in [6.45, 7) is 0. The van der Waals surface area contributed by atoms with Crippen LogP contribution in [-0.2, 0) is 11.2 Å². The van der Waals surface area contributed by atoms with E-state index in [2.05, 4.69) is 26.5 Å². The highest BCUT2D eigenvalue weighted by molar-refractivity contribution is 9.12. The molecule has 0 atom stereocenters. The zero-order chi connectivity index (χ0) is 15.8. The summed E-state index contributed by atoms with van der Waals surface area (Å²) in [7, 11) is 0. The molecular weight excluding hydrogens is 364 g/mol. The van der Waals surface area contributed by atoms with Crippen LogP contribution in [0.3, 0.4) is 0 Å². The Labute approximate surface area is 142 Å². The second-order valence-corrected chi connectivity index (χ2v) is 5.89. The Kier molecular flexibility index (Phi) is 6.37. The van der Waals surface area contributed by atoms with Crippen LogP contribution >= 0.6 is 27.5 Å². The lowest BCUT2D eigenvalue weighted by molar-refractivity contribution is -0.120. The van der Waals surface area contributed by atoms with E-state index in [1.165, 1.54) is 0 Å². The number of hydrogen-bond donors (Lipinski definition) is 1. The van der Waals surface area contributed by atoms with Crippen LogP contribution in [0.2, 0.25) is 5.02 Å². The third kappa shape index (κ3) is 5.84. The lowest BCUT2D eigenvalue weighted by Crippen LogP contribution is -2.19. The summed E-state index contributed by atoms with van der Waals surface area (Å²) in [6, 6.07) is 17.0. The van der Waals surface area contributed by atoms with Gasteiger partial charge in [0.2, 0.25) is 5.91 Å². The normalized spacial score (nSPS) is 11.6. The SMILES string of the molecule is O=C(Cc1ccc(Cl)cc1)N/N=C\C(Br)=C\c1ccccc1. The molecule has 0 saturated heterocycles. The summed E-state index contributed by atoms with van der Waals surface area (Å²) in [6.07, 6.45) is 3.72. The van der Waals surface area contributed by atoms with Crippen LogP contribution in [0.1, 0.15) is 11.1 Å². The standard InChI is InChI=1S/C17H14BrClN2O/c18-15(10-13-4-2-1-3-5-13)12-20-21-17(22)11-14-6-8-16(19)9-7-14/h1-10,12H,11H2,(H,21,22)/b15-10-,20-12-. The van der Waals surface area contributed by atoms with Crippen molar-refractivity contribution in [2.24, 2.45) is 5.10 Å². The van der Waals surface area contributed by atoms with E-state index in [0.29, 0.717) is 5.02 Å². The number of hydrogen-bond acceptors (Lipinski definition) is 2. The second-order valence-electron chi connectivity index (χ2n) is 4.54. The Bertz CT molecular complexity index is 682. The van der Waals surface area contributed by atoms with Gasteiger partial charge in [0.05, 0.1) is 12.6 Å². The van der Waals surface area contributed by atoms with E-state index >= 15 is 0 Å². The molecule has 2 aromatic rings. The Morgan fingerprint density at radius 1 is 1.14 bits per heavy atom. The lowest BCUT2D eigenvalue weighted by atomic mass is 10.1. The van der Waals surface area contributed by atoms with E-state index < -0.39 is 0 Å². The Morgan fingerprint density at radius 2 is 1.82 bits per heavy atom. The zero-order valence-electron chi connectivity index (χ0n) is 11.7. The highest BCUT2D eigenvalue weighted by atomic mass is 79.9. The third-order valence-electron chi connectivity index (χ3n) is 2.76. The first-order chi connectivity index (χ1) is 10.6. The second kappa shape index (κ2) is 8.51. The summed E-state index contributed by atoms with van der Waals surface area (Å²) >= 11 is 9.18. The van der Waals surface area contributed by atoms with E-state index in [1.54, 1.807) is 18.3 Å². The molecule has 1 amide bonds. The number of carbonyl (C=O) groups excluding carboxylic acids is 1. The van der Waals surface area contributed by atoms with Gasteiger partial charge in [-0.05, 0) is 45.3 Å². The Morgan fingerprint density at radius 3 is 2.50 bits per heavy atom.